The molecule has 0 N–H and O–H groups in total. The molecule has 0 unspecified atom stereocenters. The Labute approximate surface area is 178 Å². The summed E-state index contributed by atoms with van der Waals surface area (Å²) < 4.78 is 27.6. The van der Waals surface area contributed by atoms with Crippen LogP contribution in [-0.2, 0) is 57.2 Å². The van der Waals surface area contributed by atoms with Crippen molar-refractivity contribution in [1.29, 1.82) is 0 Å². The molecule has 0 saturated heterocycles. The average molecular weight is 444 g/mol. The Morgan fingerprint density at radius 2 is 0.677 bits per heavy atom. The summed E-state index contributed by atoms with van der Waals surface area (Å²) in [6, 6.07) is 0. The summed E-state index contributed by atoms with van der Waals surface area (Å²) in [6.45, 7) is 7.81. The second-order valence-electron chi connectivity index (χ2n) is 5.73. The van der Waals surface area contributed by atoms with Gasteiger partial charge in [0.05, 0.1) is 13.2 Å². The van der Waals surface area contributed by atoms with Crippen molar-refractivity contribution in [1.82, 2.24) is 0 Å². The molecule has 0 aromatic carbocycles. The van der Waals surface area contributed by atoms with Gasteiger partial charge < -0.3 is 28.4 Å². The number of carbonyl (C=O) groups excluding carboxylic acids is 6. The molecule has 0 aromatic rings. The molecular weight excluding hydrogens is 420 g/mol. The number of esters is 6. The van der Waals surface area contributed by atoms with Crippen molar-refractivity contribution in [3.8, 4) is 0 Å². The average Bonchev–Trinajstić information content (AvgIpc) is 2.72. The smallest absolute Gasteiger partial charge is 0.417 e. The van der Waals surface area contributed by atoms with E-state index in [4.69, 9.17) is 0 Å². The standard InChI is InChI=1S/C19H24O12/c1-12(2)14(20)28-8-10-30-18(24)16(22)26-6-5-7-27-17(23)19(25)31-11-9-29-15(21)13(3)4/h1,3,5-11H2,2,4H3. The third-order valence-electron chi connectivity index (χ3n) is 2.88. The Kier molecular flexibility index (Phi) is 13.4. The zero-order valence-corrected chi connectivity index (χ0v) is 17.3. The lowest BCUT2D eigenvalue weighted by molar-refractivity contribution is -0.171. The van der Waals surface area contributed by atoms with Crippen LogP contribution < -0.4 is 0 Å². The maximum absolute atomic E-state index is 11.4. The Morgan fingerprint density at radius 1 is 0.452 bits per heavy atom. The van der Waals surface area contributed by atoms with Crippen LogP contribution in [0.2, 0.25) is 0 Å². The van der Waals surface area contributed by atoms with Gasteiger partial charge in [-0.1, -0.05) is 13.2 Å². The minimum atomic E-state index is -1.29. The topological polar surface area (TPSA) is 158 Å². The first-order valence-corrected chi connectivity index (χ1v) is 8.89. The van der Waals surface area contributed by atoms with Crippen LogP contribution in [0.3, 0.4) is 0 Å². The summed E-state index contributed by atoms with van der Waals surface area (Å²) in [5, 5.41) is 0. The van der Waals surface area contributed by atoms with Crippen LogP contribution in [-0.4, -0.2) is 75.5 Å². The molecule has 0 amide bonds. The Morgan fingerprint density at radius 3 is 0.935 bits per heavy atom. The lowest BCUT2D eigenvalue weighted by Gasteiger charge is -2.07. The monoisotopic (exact) mass is 444 g/mol. The van der Waals surface area contributed by atoms with Gasteiger partial charge in [-0.05, 0) is 13.8 Å². The molecule has 0 aliphatic heterocycles. The van der Waals surface area contributed by atoms with Gasteiger partial charge in [0.25, 0.3) is 0 Å². The molecule has 0 radical (unpaired) electrons. The van der Waals surface area contributed by atoms with Gasteiger partial charge in [-0.25, -0.2) is 28.8 Å². The first-order chi connectivity index (χ1) is 14.6. The molecule has 172 valence electrons. The lowest BCUT2D eigenvalue weighted by atomic mass is 10.4. The zero-order chi connectivity index (χ0) is 23.8. The Balaban J connectivity index is 3.82. The normalized spacial score (nSPS) is 9.61. The van der Waals surface area contributed by atoms with Gasteiger partial charge >= 0.3 is 35.8 Å². The van der Waals surface area contributed by atoms with E-state index in [1.807, 2.05) is 0 Å². The minimum absolute atomic E-state index is 0.00944. The van der Waals surface area contributed by atoms with E-state index in [2.05, 4.69) is 41.6 Å². The zero-order valence-electron chi connectivity index (χ0n) is 17.3. The highest BCUT2D eigenvalue weighted by Gasteiger charge is 2.19. The van der Waals surface area contributed by atoms with Crippen LogP contribution in [0.4, 0.5) is 0 Å². The first-order valence-electron chi connectivity index (χ1n) is 8.89. The van der Waals surface area contributed by atoms with Crippen molar-refractivity contribution in [3.05, 3.63) is 24.3 Å². The summed E-state index contributed by atoms with van der Waals surface area (Å²) in [5.74, 6) is -6.49. The maximum Gasteiger partial charge on any atom is 0.417 e. The third kappa shape index (κ3) is 13.2. The van der Waals surface area contributed by atoms with Gasteiger partial charge in [-0.15, -0.1) is 0 Å². The van der Waals surface area contributed by atoms with Crippen molar-refractivity contribution in [2.75, 3.05) is 39.6 Å². The van der Waals surface area contributed by atoms with Gasteiger partial charge in [-0.3, -0.25) is 0 Å². The highest BCUT2D eigenvalue weighted by molar-refractivity contribution is 6.30. The molecule has 0 bridgehead atoms. The van der Waals surface area contributed by atoms with Gasteiger partial charge in [0, 0.05) is 17.6 Å². The maximum atomic E-state index is 11.4. The number of hydrogen-bond acceptors (Lipinski definition) is 12. The van der Waals surface area contributed by atoms with Crippen molar-refractivity contribution >= 4 is 35.8 Å². The highest BCUT2D eigenvalue weighted by atomic mass is 16.6. The molecule has 12 nitrogen and oxygen atoms in total. The predicted molar refractivity (Wildman–Crippen MR) is 100.0 cm³/mol. The largest absolute Gasteiger partial charge is 0.459 e. The van der Waals surface area contributed by atoms with Gasteiger partial charge in [0.15, 0.2) is 0 Å². The summed E-state index contributed by atoms with van der Waals surface area (Å²) in [5.41, 5.74) is 0.340. The van der Waals surface area contributed by atoms with Crippen molar-refractivity contribution in [2.45, 2.75) is 20.3 Å². The van der Waals surface area contributed by atoms with Crippen LogP contribution >= 0.6 is 0 Å². The SMILES string of the molecule is C=C(C)C(=O)OCCOC(=O)C(=O)OCCCOC(=O)C(=O)OCCOC(=O)C(=C)C. The van der Waals surface area contributed by atoms with Crippen molar-refractivity contribution in [2.24, 2.45) is 0 Å². The lowest BCUT2D eigenvalue weighted by Crippen LogP contribution is -2.25. The molecule has 0 atom stereocenters. The number of ether oxygens (including phenoxy) is 6. The quantitative estimate of drug-likeness (QED) is 0.128. The van der Waals surface area contributed by atoms with E-state index < -0.39 is 35.8 Å². The van der Waals surface area contributed by atoms with Crippen LogP contribution in [0.5, 0.6) is 0 Å². The van der Waals surface area contributed by atoms with Gasteiger partial charge in [-0.2, -0.15) is 0 Å². The van der Waals surface area contributed by atoms with Crippen molar-refractivity contribution in [3.63, 3.8) is 0 Å². The summed E-state index contributed by atoms with van der Waals surface area (Å²) in [4.78, 5) is 67.6. The van der Waals surface area contributed by atoms with Crippen LogP contribution in [0, 0.1) is 0 Å². The predicted octanol–water partition coefficient (Wildman–Crippen LogP) is -0.212. The van der Waals surface area contributed by atoms with Gasteiger partial charge in [0.2, 0.25) is 0 Å². The van der Waals surface area contributed by atoms with Crippen LogP contribution in [0.15, 0.2) is 24.3 Å². The number of carbonyl (C=O) groups is 6. The molecule has 0 aliphatic carbocycles. The summed E-state index contributed by atoms with van der Waals surface area (Å²) >= 11 is 0. The van der Waals surface area contributed by atoms with E-state index in [1.54, 1.807) is 0 Å². The fourth-order valence-corrected chi connectivity index (χ4v) is 1.41. The molecule has 12 heteroatoms. The molecule has 0 aromatic heterocycles. The van der Waals surface area contributed by atoms with E-state index in [1.165, 1.54) is 13.8 Å². The van der Waals surface area contributed by atoms with Gasteiger partial charge in [0.1, 0.15) is 26.4 Å². The van der Waals surface area contributed by atoms with E-state index in [-0.39, 0.29) is 57.2 Å². The molecule has 0 aliphatic rings. The summed E-state index contributed by atoms with van der Waals surface area (Å²) in [6.07, 6.45) is -0.00944. The van der Waals surface area contributed by atoms with E-state index >= 15 is 0 Å². The van der Waals surface area contributed by atoms with Crippen LogP contribution in [0.1, 0.15) is 20.3 Å². The second-order valence-corrected chi connectivity index (χ2v) is 5.73. The molecule has 0 spiro atoms. The molecule has 0 heterocycles. The molecule has 0 fully saturated rings. The number of rotatable bonds is 12. The second kappa shape index (κ2) is 15.2. The third-order valence-corrected chi connectivity index (χ3v) is 2.88. The molecular formula is C19H24O12. The molecule has 0 saturated carbocycles. The Hall–Kier alpha value is -3.70. The molecule has 31 heavy (non-hydrogen) atoms. The van der Waals surface area contributed by atoms with E-state index in [0.29, 0.717) is 0 Å². The fourth-order valence-electron chi connectivity index (χ4n) is 1.41. The van der Waals surface area contributed by atoms with E-state index in [0.717, 1.165) is 0 Å². The minimum Gasteiger partial charge on any atom is -0.459 e. The Bertz CT molecular complexity index is 661. The van der Waals surface area contributed by atoms with E-state index in [9.17, 15) is 28.8 Å². The highest BCUT2D eigenvalue weighted by Crippen LogP contribution is 1.95. The van der Waals surface area contributed by atoms with Crippen LogP contribution in [0.25, 0.3) is 0 Å². The molecule has 0 rings (SSSR count). The first kappa shape index (κ1) is 27.3. The number of hydrogen-bond donors (Lipinski definition) is 0. The fraction of sp³-hybridized carbons (Fsp3) is 0.474. The summed E-state index contributed by atoms with van der Waals surface area (Å²) in [7, 11) is 0. The van der Waals surface area contributed by atoms with Crippen molar-refractivity contribution < 1.29 is 57.2 Å².